The van der Waals surface area contributed by atoms with E-state index in [0.29, 0.717) is 10.0 Å². The summed E-state index contributed by atoms with van der Waals surface area (Å²) in [6.07, 6.45) is 0.0800. The molecule has 0 spiro atoms. The lowest BCUT2D eigenvalue weighted by Gasteiger charge is -2.11. The van der Waals surface area contributed by atoms with Gasteiger partial charge in [0.05, 0.1) is 5.69 Å². The molecule has 1 N–H and O–H groups in total. The highest BCUT2D eigenvalue weighted by Crippen LogP contribution is 2.25. The SMILES string of the molecule is CCc1ccc(-c2csc(NC(=O)[C@H](C)OC(=O)c3ccc(C)s3)n2)cc1. The number of carbonyl (C=O) groups excluding carboxylic acids is 2. The number of nitrogens with one attached hydrogen (secondary N) is 1. The Morgan fingerprint density at radius 3 is 2.56 bits per heavy atom. The van der Waals surface area contributed by atoms with Gasteiger partial charge >= 0.3 is 5.97 Å². The lowest BCUT2D eigenvalue weighted by molar-refractivity contribution is -0.123. The van der Waals surface area contributed by atoms with Crippen molar-refractivity contribution in [1.82, 2.24) is 4.98 Å². The van der Waals surface area contributed by atoms with Crippen LogP contribution in [0.4, 0.5) is 5.13 Å². The van der Waals surface area contributed by atoms with Crippen molar-refractivity contribution in [3.63, 3.8) is 0 Å². The summed E-state index contributed by atoms with van der Waals surface area (Å²) in [6, 6.07) is 11.7. The third-order valence-corrected chi connectivity index (χ3v) is 5.73. The van der Waals surface area contributed by atoms with Crippen molar-refractivity contribution in [2.75, 3.05) is 5.32 Å². The molecule has 5 nitrogen and oxygen atoms in total. The monoisotopic (exact) mass is 400 g/mol. The number of carbonyl (C=O) groups is 2. The number of hydrogen-bond donors (Lipinski definition) is 1. The molecule has 0 saturated carbocycles. The van der Waals surface area contributed by atoms with Crippen LogP contribution in [0.5, 0.6) is 0 Å². The van der Waals surface area contributed by atoms with Gasteiger partial charge < -0.3 is 4.74 Å². The first-order chi connectivity index (χ1) is 13.0. The maximum atomic E-state index is 12.3. The van der Waals surface area contributed by atoms with Crippen LogP contribution < -0.4 is 5.32 Å². The van der Waals surface area contributed by atoms with Crippen molar-refractivity contribution in [2.45, 2.75) is 33.3 Å². The van der Waals surface area contributed by atoms with Crippen molar-refractivity contribution in [1.29, 1.82) is 0 Å². The van der Waals surface area contributed by atoms with Gasteiger partial charge in [-0.05, 0) is 38.0 Å². The first kappa shape index (κ1) is 19.3. The van der Waals surface area contributed by atoms with Gasteiger partial charge in [0, 0.05) is 15.8 Å². The van der Waals surface area contributed by atoms with Crippen LogP contribution in [-0.4, -0.2) is 23.0 Å². The number of amides is 1. The molecule has 0 unspecified atom stereocenters. The molecule has 3 rings (SSSR count). The highest BCUT2D eigenvalue weighted by molar-refractivity contribution is 7.14. The molecular weight excluding hydrogens is 380 g/mol. The predicted octanol–water partition coefficient (Wildman–Crippen LogP) is 4.93. The second kappa shape index (κ2) is 8.45. The Kier molecular flexibility index (Phi) is 6.03. The lowest BCUT2D eigenvalue weighted by Crippen LogP contribution is -2.29. The third-order valence-electron chi connectivity index (χ3n) is 3.99. The highest BCUT2D eigenvalue weighted by atomic mass is 32.1. The molecule has 0 aliphatic carbocycles. The normalized spacial score (nSPS) is 11.8. The van der Waals surface area contributed by atoms with E-state index in [-0.39, 0.29) is 0 Å². The Bertz CT molecular complexity index is 944. The fraction of sp³-hybridized carbons (Fsp3) is 0.250. The number of aromatic nitrogens is 1. The van der Waals surface area contributed by atoms with E-state index >= 15 is 0 Å². The molecule has 2 aromatic heterocycles. The van der Waals surface area contributed by atoms with E-state index in [1.807, 2.05) is 30.5 Å². The number of benzene rings is 1. The number of thiophene rings is 1. The van der Waals surface area contributed by atoms with Crippen LogP contribution in [-0.2, 0) is 16.0 Å². The van der Waals surface area contributed by atoms with E-state index in [1.165, 1.54) is 28.2 Å². The molecule has 2 heterocycles. The molecule has 27 heavy (non-hydrogen) atoms. The number of aryl methyl sites for hydroxylation is 2. The van der Waals surface area contributed by atoms with Gasteiger partial charge in [-0.3, -0.25) is 10.1 Å². The molecule has 1 atom stereocenters. The molecule has 3 aromatic rings. The van der Waals surface area contributed by atoms with Gasteiger partial charge in [-0.1, -0.05) is 31.2 Å². The number of nitrogens with zero attached hydrogens (tertiary/aromatic N) is 1. The summed E-state index contributed by atoms with van der Waals surface area (Å²) in [4.78, 5) is 30.3. The molecule has 0 bridgehead atoms. The first-order valence-electron chi connectivity index (χ1n) is 8.59. The van der Waals surface area contributed by atoms with Gasteiger partial charge in [-0.2, -0.15) is 0 Å². The second-order valence-corrected chi connectivity index (χ2v) is 8.18. The molecule has 1 amide bonds. The van der Waals surface area contributed by atoms with Gasteiger partial charge in [0.2, 0.25) is 0 Å². The van der Waals surface area contributed by atoms with Crippen LogP contribution in [0, 0.1) is 6.92 Å². The van der Waals surface area contributed by atoms with Crippen molar-refractivity contribution < 1.29 is 14.3 Å². The zero-order valence-corrected chi connectivity index (χ0v) is 16.9. The van der Waals surface area contributed by atoms with Gasteiger partial charge in [-0.15, -0.1) is 22.7 Å². The van der Waals surface area contributed by atoms with E-state index in [0.717, 1.165) is 22.6 Å². The Morgan fingerprint density at radius 1 is 1.19 bits per heavy atom. The number of anilines is 1. The van der Waals surface area contributed by atoms with E-state index in [9.17, 15) is 9.59 Å². The number of ether oxygens (including phenoxy) is 1. The molecule has 0 aliphatic heterocycles. The van der Waals surface area contributed by atoms with Crippen molar-refractivity contribution >= 4 is 39.7 Å². The van der Waals surface area contributed by atoms with Gasteiger partial charge in [0.25, 0.3) is 5.91 Å². The molecular formula is C20H20N2O3S2. The zero-order chi connectivity index (χ0) is 19.4. The van der Waals surface area contributed by atoms with E-state index in [2.05, 4.69) is 29.4 Å². The van der Waals surface area contributed by atoms with Gasteiger partial charge in [0.15, 0.2) is 11.2 Å². The summed E-state index contributed by atoms with van der Waals surface area (Å²) >= 11 is 2.68. The average Bonchev–Trinajstić information content (AvgIpc) is 3.31. The fourth-order valence-electron chi connectivity index (χ4n) is 2.40. The largest absolute Gasteiger partial charge is 0.448 e. The van der Waals surface area contributed by atoms with Gasteiger partial charge in [-0.25, -0.2) is 9.78 Å². The lowest BCUT2D eigenvalue weighted by atomic mass is 10.1. The molecule has 140 valence electrons. The average molecular weight is 401 g/mol. The molecule has 0 aliphatic rings. The van der Waals surface area contributed by atoms with E-state index in [1.54, 1.807) is 13.0 Å². The van der Waals surface area contributed by atoms with E-state index < -0.39 is 18.0 Å². The number of esters is 1. The van der Waals surface area contributed by atoms with Crippen LogP contribution >= 0.6 is 22.7 Å². The molecule has 0 radical (unpaired) electrons. The van der Waals surface area contributed by atoms with Gasteiger partial charge in [0.1, 0.15) is 4.88 Å². The first-order valence-corrected chi connectivity index (χ1v) is 10.3. The Morgan fingerprint density at radius 2 is 1.93 bits per heavy atom. The summed E-state index contributed by atoms with van der Waals surface area (Å²) in [5.74, 6) is -0.898. The minimum Gasteiger partial charge on any atom is -0.448 e. The number of rotatable bonds is 6. The fourth-order valence-corrected chi connectivity index (χ4v) is 3.87. The number of hydrogen-bond acceptors (Lipinski definition) is 6. The predicted molar refractivity (Wildman–Crippen MR) is 109 cm³/mol. The summed E-state index contributed by atoms with van der Waals surface area (Å²) in [5.41, 5.74) is 3.06. The van der Waals surface area contributed by atoms with Crippen molar-refractivity contribution in [2.24, 2.45) is 0 Å². The van der Waals surface area contributed by atoms with Crippen LogP contribution in [0.3, 0.4) is 0 Å². The maximum absolute atomic E-state index is 12.3. The minimum absolute atomic E-state index is 0.404. The standard InChI is InChI=1S/C20H20N2O3S2/c1-4-14-6-8-15(9-7-14)16-11-26-20(21-16)22-18(23)13(3)25-19(24)17-10-5-12(2)27-17/h5-11,13H,4H2,1-3H3,(H,21,22,23)/t13-/m0/s1. The summed E-state index contributed by atoms with van der Waals surface area (Å²) in [5, 5.41) is 5.08. The molecule has 0 fully saturated rings. The number of thiazole rings is 1. The summed E-state index contributed by atoms with van der Waals surface area (Å²) < 4.78 is 5.24. The second-order valence-electron chi connectivity index (χ2n) is 6.04. The maximum Gasteiger partial charge on any atom is 0.349 e. The molecule has 1 aromatic carbocycles. The molecule has 7 heteroatoms. The van der Waals surface area contributed by atoms with Crippen LogP contribution in [0.2, 0.25) is 0 Å². The van der Waals surface area contributed by atoms with Crippen molar-refractivity contribution in [3.05, 3.63) is 57.1 Å². The van der Waals surface area contributed by atoms with Crippen LogP contribution in [0.1, 0.15) is 34.0 Å². The highest BCUT2D eigenvalue weighted by Gasteiger charge is 2.21. The van der Waals surface area contributed by atoms with Crippen LogP contribution in [0.15, 0.2) is 41.8 Å². The quantitative estimate of drug-likeness (QED) is 0.596. The van der Waals surface area contributed by atoms with Crippen molar-refractivity contribution in [3.8, 4) is 11.3 Å². The Labute approximate surface area is 166 Å². The Balaban J connectivity index is 1.60. The smallest absolute Gasteiger partial charge is 0.349 e. The van der Waals surface area contributed by atoms with Crippen LogP contribution in [0.25, 0.3) is 11.3 Å². The molecule has 0 saturated heterocycles. The van der Waals surface area contributed by atoms with E-state index in [4.69, 9.17) is 4.74 Å². The summed E-state index contributed by atoms with van der Waals surface area (Å²) in [7, 11) is 0. The topological polar surface area (TPSA) is 68.3 Å². The summed E-state index contributed by atoms with van der Waals surface area (Å²) in [6.45, 7) is 5.57. The minimum atomic E-state index is -0.906. The third kappa shape index (κ3) is 4.81. The zero-order valence-electron chi connectivity index (χ0n) is 15.3. The Hall–Kier alpha value is -2.51.